The van der Waals surface area contributed by atoms with Gasteiger partial charge >= 0.3 is 6.03 Å². The SMILES string of the molecule is CN(C)C(=O)N1CCC1C(C)(C)N. The average molecular weight is 185 g/mol. The summed E-state index contributed by atoms with van der Waals surface area (Å²) in [5.74, 6) is 0. The summed E-state index contributed by atoms with van der Waals surface area (Å²) in [6, 6.07) is 0.261. The topological polar surface area (TPSA) is 49.6 Å². The predicted molar refractivity (Wildman–Crippen MR) is 52.5 cm³/mol. The second-order valence-corrected chi connectivity index (χ2v) is 4.50. The normalized spacial score (nSPS) is 22.5. The Kier molecular flexibility index (Phi) is 2.52. The van der Waals surface area contributed by atoms with E-state index in [2.05, 4.69) is 0 Å². The van der Waals surface area contributed by atoms with Gasteiger partial charge in [-0.15, -0.1) is 0 Å². The Balaban J connectivity index is 2.60. The van der Waals surface area contributed by atoms with Crippen molar-refractivity contribution in [3.8, 4) is 0 Å². The lowest BCUT2D eigenvalue weighted by molar-refractivity contribution is 0.0589. The first-order valence-corrected chi connectivity index (χ1v) is 4.61. The molecule has 76 valence electrons. The summed E-state index contributed by atoms with van der Waals surface area (Å²) in [6.45, 7) is 4.77. The zero-order chi connectivity index (χ0) is 10.2. The van der Waals surface area contributed by atoms with Crippen molar-refractivity contribution in [1.82, 2.24) is 9.80 Å². The molecule has 1 saturated heterocycles. The van der Waals surface area contributed by atoms with E-state index in [-0.39, 0.29) is 17.6 Å². The Morgan fingerprint density at radius 1 is 1.54 bits per heavy atom. The van der Waals surface area contributed by atoms with Gasteiger partial charge in [-0.2, -0.15) is 0 Å². The molecule has 0 bridgehead atoms. The molecule has 0 aromatic rings. The molecule has 1 aliphatic heterocycles. The first-order valence-electron chi connectivity index (χ1n) is 4.61. The third-order valence-corrected chi connectivity index (χ3v) is 2.51. The summed E-state index contributed by atoms with van der Waals surface area (Å²) >= 11 is 0. The lowest BCUT2D eigenvalue weighted by atomic mass is 9.86. The third kappa shape index (κ3) is 1.94. The highest BCUT2D eigenvalue weighted by Crippen LogP contribution is 2.26. The molecule has 2 amide bonds. The molecular formula is C9H19N3O. The van der Waals surface area contributed by atoms with Gasteiger partial charge in [0.1, 0.15) is 0 Å². The number of rotatable bonds is 1. The Bertz CT molecular complexity index is 207. The number of hydrogen-bond donors (Lipinski definition) is 1. The van der Waals surface area contributed by atoms with Gasteiger partial charge in [-0.05, 0) is 20.3 Å². The number of carbonyl (C=O) groups excluding carboxylic acids is 1. The summed E-state index contributed by atoms with van der Waals surface area (Å²) in [5, 5.41) is 0. The molecule has 13 heavy (non-hydrogen) atoms. The summed E-state index contributed by atoms with van der Waals surface area (Å²) in [6.07, 6.45) is 1.02. The average Bonchev–Trinajstić information content (AvgIpc) is 1.79. The van der Waals surface area contributed by atoms with Gasteiger partial charge in [0, 0.05) is 26.2 Å². The highest BCUT2D eigenvalue weighted by atomic mass is 16.2. The summed E-state index contributed by atoms with van der Waals surface area (Å²) in [4.78, 5) is 15.0. The van der Waals surface area contributed by atoms with Gasteiger partial charge in [0.15, 0.2) is 0 Å². The highest BCUT2D eigenvalue weighted by Gasteiger charge is 2.40. The van der Waals surface area contributed by atoms with E-state index >= 15 is 0 Å². The largest absolute Gasteiger partial charge is 0.331 e. The minimum atomic E-state index is -0.288. The smallest absolute Gasteiger partial charge is 0.319 e. The molecule has 1 unspecified atom stereocenters. The fraction of sp³-hybridized carbons (Fsp3) is 0.889. The number of amides is 2. The van der Waals surface area contributed by atoms with Crippen molar-refractivity contribution < 1.29 is 4.79 Å². The molecule has 0 saturated carbocycles. The first-order chi connectivity index (χ1) is 5.84. The van der Waals surface area contributed by atoms with Crippen LogP contribution in [0.4, 0.5) is 4.79 Å². The van der Waals surface area contributed by atoms with Crippen molar-refractivity contribution in [2.45, 2.75) is 31.8 Å². The Morgan fingerprint density at radius 3 is 2.31 bits per heavy atom. The Morgan fingerprint density at radius 2 is 2.08 bits per heavy atom. The van der Waals surface area contributed by atoms with Gasteiger partial charge in [-0.1, -0.05) is 0 Å². The summed E-state index contributed by atoms with van der Waals surface area (Å²) in [7, 11) is 3.53. The van der Waals surface area contributed by atoms with Crippen LogP contribution in [-0.4, -0.2) is 48.1 Å². The van der Waals surface area contributed by atoms with E-state index in [0.29, 0.717) is 0 Å². The molecule has 2 N–H and O–H groups in total. The van der Waals surface area contributed by atoms with Crippen LogP contribution >= 0.6 is 0 Å². The second kappa shape index (κ2) is 3.18. The Labute approximate surface area is 79.7 Å². The molecule has 1 aliphatic rings. The molecule has 1 heterocycles. The van der Waals surface area contributed by atoms with E-state index in [1.165, 1.54) is 0 Å². The van der Waals surface area contributed by atoms with Gasteiger partial charge < -0.3 is 15.5 Å². The number of nitrogens with zero attached hydrogens (tertiary/aromatic N) is 2. The predicted octanol–water partition coefficient (Wildman–Crippen LogP) is 0.480. The van der Waals surface area contributed by atoms with Crippen molar-refractivity contribution in [3.05, 3.63) is 0 Å². The fourth-order valence-electron chi connectivity index (χ4n) is 1.65. The molecule has 0 aliphatic carbocycles. The summed E-state index contributed by atoms with van der Waals surface area (Å²) < 4.78 is 0. The van der Waals surface area contributed by atoms with Crippen molar-refractivity contribution in [3.63, 3.8) is 0 Å². The lowest BCUT2D eigenvalue weighted by Gasteiger charge is -2.48. The zero-order valence-electron chi connectivity index (χ0n) is 8.87. The second-order valence-electron chi connectivity index (χ2n) is 4.50. The molecule has 1 atom stereocenters. The van der Waals surface area contributed by atoms with Gasteiger partial charge in [0.05, 0.1) is 6.04 Å². The number of hydrogen-bond acceptors (Lipinski definition) is 2. The van der Waals surface area contributed by atoms with Gasteiger partial charge in [-0.3, -0.25) is 0 Å². The van der Waals surface area contributed by atoms with Crippen molar-refractivity contribution >= 4 is 6.03 Å². The van der Waals surface area contributed by atoms with Crippen LogP contribution in [0.5, 0.6) is 0 Å². The van der Waals surface area contributed by atoms with Gasteiger partial charge in [0.2, 0.25) is 0 Å². The number of carbonyl (C=O) groups is 1. The number of nitrogens with two attached hydrogens (primary N) is 1. The molecule has 0 aromatic heterocycles. The maximum Gasteiger partial charge on any atom is 0.319 e. The van der Waals surface area contributed by atoms with E-state index in [1.807, 2.05) is 18.7 Å². The van der Waals surface area contributed by atoms with Crippen LogP contribution in [-0.2, 0) is 0 Å². The standard InChI is InChI=1S/C9H19N3O/c1-9(2,10)7-5-6-12(7)8(13)11(3)4/h7H,5-6,10H2,1-4H3. The van der Waals surface area contributed by atoms with Crippen molar-refractivity contribution in [2.75, 3.05) is 20.6 Å². The minimum Gasteiger partial charge on any atom is -0.331 e. The van der Waals surface area contributed by atoms with Crippen LogP contribution in [0.15, 0.2) is 0 Å². The van der Waals surface area contributed by atoms with Crippen LogP contribution in [0.1, 0.15) is 20.3 Å². The quantitative estimate of drug-likeness (QED) is 0.646. The maximum absolute atomic E-state index is 11.6. The molecule has 0 spiro atoms. The highest BCUT2D eigenvalue weighted by molar-refractivity contribution is 5.75. The van der Waals surface area contributed by atoms with E-state index in [4.69, 9.17) is 5.73 Å². The van der Waals surface area contributed by atoms with E-state index < -0.39 is 0 Å². The molecule has 1 fully saturated rings. The molecule has 4 nitrogen and oxygen atoms in total. The van der Waals surface area contributed by atoms with Crippen molar-refractivity contribution in [2.24, 2.45) is 5.73 Å². The van der Waals surface area contributed by atoms with E-state index in [1.54, 1.807) is 19.0 Å². The van der Waals surface area contributed by atoms with Crippen LogP contribution in [0, 0.1) is 0 Å². The maximum atomic E-state index is 11.6. The van der Waals surface area contributed by atoms with Crippen LogP contribution in [0.3, 0.4) is 0 Å². The third-order valence-electron chi connectivity index (χ3n) is 2.51. The number of urea groups is 1. The van der Waals surface area contributed by atoms with Crippen molar-refractivity contribution in [1.29, 1.82) is 0 Å². The van der Waals surface area contributed by atoms with Gasteiger partial charge in [-0.25, -0.2) is 4.79 Å². The molecule has 1 rings (SSSR count). The van der Waals surface area contributed by atoms with E-state index in [0.717, 1.165) is 13.0 Å². The van der Waals surface area contributed by atoms with Crippen LogP contribution in [0.25, 0.3) is 0 Å². The monoisotopic (exact) mass is 185 g/mol. The molecule has 4 heteroatoms. The van der Waals surface area contributed by atoms with Crippen LogP contribution in [0.2, 0.25) is 0 Å². The summed E-state index contributed by atoms with van der Waals surface area (Å²) in [5.41, 5.74) is 5.67. The lowest BCUT2D eigenvalue weighted by Crippen LogP contribution is -2.65. The number of likely N-dealkylation sites (tertiary alicyclic amines) is 1. The Hall–Kier alpha value is -0.770. The van der Waals surface area contributed by atoms with Gasteiger partial charge in [0.25, 0.3) is 0 Å². The molecule has 0 radical (unpaired) electrons. The van der Waals surface area contributed by atoms with Crippen LogP contribution < -0.4 is 5.73 Å². The minimum absolute atomic E-state index is 0.0646. The molecular weight excluding hydrogens is 166 g/mol. The molecule has 0 aromatic carbocycles. The first kappa shape index (κ1) is 10.3. The zero-order valence-corrected chi connectivity index (χ0v) is 8.87. The fourth-order valence-corrected chi connectivity index (χ4v) is 1.65. The van der Waals surface area contributed by atoms with E-state index in [9.17, 15) is 4.79 Å².